The Balaban J connectivity index is 1.73. The van der Waals surface area contributed by atoms with Gasteiger partial charge >= 0.3 is 0 Å². The molecule has 0 spiro atoms. The van der Waals surface area contributed by atoms with Crippen LogP contribution in [0.1, 0.15) is 47.6 Å². The number of hydrogen-bond acceptors (Lipinski definition) is 4. The second-order valence-corrected chi connectivity index (χ2v) is 7.29. The zero-order valence-corrected chi connectivity index (χ0v) is 18.3. The summed E-state index contributed by atoms with van der Waals surface area (Å²) in [6.07, 6.45) is 10.2. The fourth-order valence-electron chi connectivity index (χ4n) is 3.04. The molecule has 162 valence electrons. The second kappa shape index (κ2) is 12.8. The SMILES string of the molecule is C/C=C\C/C=C\Cc1cc(C(=O)NCC(O)CNCc2cccc(CC)c2)nn1C. The number of aliphatic hydroxyl groups is 1. The van der Waals surface area contributed by atoms with Gasteiger partial charge in [-0.2, -0.15) is 5.10 Å². The van der Waals surface area contributed by atoms with Gasteiger partial charge in [-0.1, -0.05) is 55.5 Å². The van der Waals surface area contributed by atoms with Crippen LogP contribution in [0.4, 0.5) is 0 Å². The highest BCUT2D eigenvalue weighted by molar-refractivity contribution is 5.92. The number of nitrogens with one attached hydrogen (secondary N) is 2. The molecule has 1 heterocycles. The Labute approximate surface area is 179 Å². The molecule has 6 nitrogen and oxygen atoms in total. The maximum atomic E-state index is 12.4. The Morgan fingerprint density at radius 1 is 1.20 bits per heavy atom. The minimum atomic E-state index is -0.666. The molecule has 1 unspecified atom stereocenters. The van der Waals surface area contributed by atoms with E-state index in [0.717, 1.165) is 25.0 Å². The molecule has 30 heavy (non-hydrogen) atoms. The lowest BCUT2D eigenvalue weighted by Gasteiger charge is -2.13. The van der Waals surface area contributed by atoms with Gasteiger partial charge in [-0.3, -0.25) is 9.48 Å². The number of aromatic nitrogens is 2. The molecule has 2 rings (SSSR count). The highest BCUT2D eigenvalue weighted by atomic mass is 16.3. The molecular weight excluding hydrogens is 376 g/mol. The molecule has 6 heteroatoms. The minimum absolute atomic E-state index is 0.177. The van der Waals surface area contributed by atoms with E-state index in [0.29, 0.717) is 18.8 Å². The summed E-state index contributed by atoms with van der Waals surface area (Å²) in [5.74, 6) is -0.274. The molecule has 0 aliphatic rings. The average molecular weight is 411 g/mol. The predicted molar refractivity (Wildman–Crippen MR) is 121 cm³/mol. The third-order valence-electron chi connectivity index (χ3n) is 4.82. The molecule has 1 aromatic heterocycles. The Hall–Kier alpha value is -2.70. The van der Waals surface area contributed by atoms with Gasteiger partial charge < -0.3 is 15.7 Å². The molecule has 0 saturated carbocycles. The minimum Gasteiger partial charge on any atom is -0.390 e. The highest BCUT2D eigenvalue weighted by Crippen LogP contribution is 2.06. The summed E-state index contributed by atoms with van der Waals surface area (Å²) < 4.78 is 1.72. The zero-order chi connectivity index (χ0) is 21.8. The van der Waals surface area contributed by atoms with Gasteiger partial charge in [0.15, 0.2) is 0 Å². The summed E-state index contributed by atoms with van der Waals surface area (Å²) in [6.45, 7) is 5.39. The van der Waals surface area contributed by atoms with E-state index in [1.807, 2.05) is 26.1 Å². The number of aliphatic hydroxyl groups excluding tert-OH is 1. The normalized spacial score (nSPS) is 12.7. The van der Waals surface area contributed by atoms with E-state index in [4.69, 9.17) is 0 Å². The Bertz CT molecular complexity index is 855. The molecule has 0 saturated heterocycles. The van der Waals surface area contributed by atoms with Crippen LogP contribution < -0.4 is 10.6 Å². The molecule has 1 atom stereocenters. The Morgan fingerprint density at radius 3 is 2.77 bits per heavy atom. The van der Waals surface area contributed by atoms with Crippen molar-refractivity contribution in [2.24, 2.45) is 7.05 Å². The van der Waals surface area contributed by atoms with Crippen LogP contribution in [0, 0.1) is 0 Å². The Kier molecular flexibility index (Phi) is 10.0. The van der Waals surface area contributed by atoms with Gasteiger partial charge in [0.1, 0.15) is 5.69 Å². The van der Waals surface area contributed by atoms with Gasteiger partial charge in [-0.25, -0.2) is 0 Å². The van der Waals surface area contributed by atoms with Gasteiger partial charge in [0.25, 0.3) is 5.91 Å². The van der Waals surface area contributed by atoms with Crippen molar-refractivity contribution < 1.29 is 9.90 Å². The lowest BCUT2D eigenvalue weighted by molar-refractivity contribution is 0.0909. The molecule has 0 bridgehead atoms. The highest BCUT2D eigenvalue weighted by Gasteiger charge is 2.13. The monoisotopic (exact) mass is 410 g/mol. The molecule has 0 aliphatic heterocycles. The predicted octanol–water partition coefficient (Wildman–Crippen LogP) is 2.93. The fourth-order valence-corrected chi connectivity index (χ4v) is 3.04. The van der Waals surface area contributed by atoms with Gasteiger partial charge in [-0.15, -0.1) is 0 Å². The summed E-state index contributed by atoms with van der Waals surface area (Å²) in [5, 5.41) is 20.4. The van der Waals surface area contributed by atoms with Crippen molar-refractivity contribution in [1.82, 2.24) is 20.4 Å². The van der Waals surface area contributed by atoms with Gasteiger partial charge in [0.2, 0.25) is 0 Å². The van der Waals surface area contributed by atoms with E-state index in [1.54, 1.807) is 10.7 Å². The quantitative estimate of drug-likeness (QED) is 0.470. The van der Waals surface area contributed by atoms with Crippen molar-refractivity contribution in [3.05, 3.63) is 77.2 Å². The number of rotatable bonds is 12. The molecule has 0 fully saturated rings. The maximum Gasteiger partial charge on any atom is 0.271 e. The number of aryl methyl sites for hydroxylation is 2. The molecule has 2 aromatic rings. The van der Waals surface area contributed by atoms with Gasteiger partial charge in [-0.05, 0) is 37.0 Å². The maximum absolute atomic E-state index is 12.4. The molecule has 0 radical (unpaired) electrons. The van der Waals surface area contributed by atoms with Crippen molar-refractivity contribution in [3.8, 4) is 0 Å². The smallest absolute Gasteiger partial charge is 0.271 e. The number of hydrogen-bond donors (Lipinski definition) is 3. The second-order valence-electron chi connectivity index (χ2n) is 7.29. The average Bonchev–Trinajstić information content (AvgIpc) is 3.12. The summed E-state index contributed by atoms with van der Waals surface area (Å²) in [6, 6.07) is 10.2. The zero-order valence-electron chi connectivity index (χ0n) is 18.3. The number of carbonyl (C=O) groups excluding carboxylic acids is 1. The number of nitrogens with zero attached hydrogens (tertiary/aromatic N) is 2. The van der Waals surface area contributed by atoms with E-state index in [9.17, 15) is 9.90 Å². The third-order valence-corrected chi connectivity index (χ3v) is 4.82. The van der Waals surface area contributed by atoms with Crippen molar-refractivity contribution in [2.45, 2.75) is 45.8 Å². The third kappa shape index (κ3) is 7.97. The van der Waals surface area contributed by atoms with Crippen molar-refractivity contribution >= 4 is 5.91 Å². The molecule has 0 aliphatic carbocycles. The fraction of sp³-hybridized carbons (Fsp3) is 0.417. The van der Waals surface area contributed by atoms with Crippen LogP contribution in [0.15, 0.2) is 54.6 Å². The standard InChI is InChI=1S/C24H34N4O2/c1-4-6-7-8-9-13-21-15-23(27-28(21)3)24(30)26-18-22(29)17-25-16-20-12-10-11-19(5-2)14-20/h4,6,8-12,14-15,22,25,29H,5,7,13,16-18H2,1-3H3,(H,26,30)/b6-4-,9-8-. The van der Waals surface area contributed by atoms with Crippen LogP contribution in [0.25, 0.3) is 0 Å². The first-order chi connectivity index (χ1) is 14.5. The summed E-state index contributed by atoms with van der Waals surface area (Å²) in [4.78, 5) is 12.4. The van der Waals surface area contributed by atoms with E-state index in [-0.39, 0.29) is 12.5 Å². The van der Waals surface area contributed by atoms with Gasteiger partial charge in [0, 0.05) is 38.8 Å². The number of carbonyl (C=O) groups is 1. The number of allylic oxidation sites excluding steroid dienone is 4. The molecule has 3 N–H and O–H groups in total. The van der Waals surface area contributed by atoms with Crippen LogP contribution in [0.5, 0.6) is 0 Å². The van der Waals surface area contributed by atoms with Crippen molar-refractivity contribution in [3.63, 3.8) is 0 Å². The van der Waals surface area contributed by atoms with E-state index < -0.39 is 6.10 Å². The van der Waals surface area contributed by atoms with Crippen LogP contribution in [-0.2, 0) is 26.4 Å². The Morgan fingerprint density at radius 2 is 2.00 bits per heavy atom. The van der Waals surface area contributed by atoms with Crippen LogP contribution in [0.3, 0.4) is 0 Å². The lowest BCUT2D eigenvalue weighted by Crippen LogP contribution is -2.38. The molecular formula is C24H34N4O2. The van der Waals surface area contributed by atoms with E-state index in [1.165, 1.54) is 11.1 Å². The summed E-state index contributed by atoms with van der Waals surface area (Å²) >= 11 is 0. The lowest BCUT2D eigenvalue weighted by atomic mass is 10.1. The van der Waals surface area contributed by atoms with Crippen LogP contribution in [0.2, 0.25) is 0 Å². The van der Waals surface area contributed by atoms with Crippen LogP contribution in [-0.4, -0.2) is 40.0 Å². The largest absolute Gasteiger partial charge is 0.390 e. The first-order valence-corrected chi connectivity index (χ1v) is 10.6. The first-order valence-electron chi connectivity index (χ1n) is 10.6. The molecule has 1 aromatic carbocycles. The van der Waals surface area contributed by atoms with Crippen molar-refractivity contribution in [2.75, 3.05) is 13.1 Å². The summed E-state index contributed by atoms with van der Waals surface area (Å²) in [5.41, 5.74) is 3.82. The topological polar surface area (TPSA) is 79.2 Å². The number of benzene rings is 1. The van der Waals surface area contributed by atoms with E-state index in [2.05, 4.69) is 59.1 Å². The molecule has 1 amide bonds. The van der Waals surface area contributed by atoms with E-state index >= 15 is 0 Å². The van der Waals surface area contributed by atoms with Gasteiger partial charge in [0.05, 0.1) is 6.10 Å². The van der Waals surface area contributed by atoms with Crippen molar-refractivity contribution in [1.29, 1.82) is 0 Å². The summed E-state index contributed by atoms with van der Waals surface area (Å²) in [7, 11) is 1.83. The number of amides is 1. The first kappa shape index (κ1) is 23.6. The van der Waals surface area contributed by atoms with Crippen LogP contribution >= 0.6 is 0 Å².